The first-order chi connectivity index (χ1) is 19.3. The Hall–Kier alpha value is -3.83. The van der Waals surface area contributed by atoms with Gasteiger partial charge in [0.15, 0.2) is 5.65 Å². The van der Waals surface area contributed by atoms with E-state index in [0.29, 0.717) is 48.2 Å². The number of fused-ring (bicyclic) bond motifs is 1. The van der Waals surface area contributed by atoms with Crippen molar-refractivity contribution in [3.63, 3.8) is 0 Å². The normalized spacial score (nSPS) is 18.1. The summed E-state index contributed by atoms with van der Waals surface area (Å²) in [6.07, 6.45) is 4.52. The Morgan fingerprint density at radius 3 is 2.62 bits per heavy atom. The molecule has 2 aromatic carbocycles. The summed E-state index contributed by atoms with van der Waals surface area (Å²) in [5.74, 6) is -1.82. The summed E-state index contributed by atoms with van der Waals surface area (Å²) in [7, 11) is 2.03. The lowest BCUT2D eigenvalue weighted by molar-refractivity contribution is 0.102. The Balaban J connectivity index is 1.25. The maximum atomic E-state index is 15.1. The van der Waals surface area contributed by atoms with Crippen LogP contribution in [0.2, 0.25) is 5.02 Å². The van der Waals surface area contributed by atoms with Crippen molar-refractivity contribution in [2.45, 2.75) is 18.9 Å². The molecule has 4 aromatic rings. The van der Waals surface area contributed by atoms with Crippen molar-refractivity contribution in [2.24, 2.45) is 0 Å². The molecule has 2 aromatic heterocycles. The largest absolute Gasteiger partial charge is 0.368 e. The molecule has 40 heavy (non-hydrogen) atoms. The molecule has 208 valence electrons. The van der Waals surface area contributed by atoms with Crippen LogP contribution >= 0.6 is 11.6 Å². The summed E-state index contributed by atoms with van der Waals surface area (Å²) in [5.41, 5.74) is 1.24. The molecule has 0 radical (unpaired) electrons. The third kappa shape index (κ3) is 4.95. The van der Waals surface area contributed by atoms with Crippen molar-refractivity contribution in [2.75, 3.05) is 54.9 Å². The van der Waals surface area contributed by atoms with Gasteiger partial charge in [-0.05, 0) is 56.3 Å². The Kier molecular flexibility index (Phi) is 7.01. The molecular formula is C28H27ClF3N7O. The van der Waals surface area contributed by atoms with Crippen LogP contribution in [0.4, 0.5) is 30.4 Å². The molecule has 2 saturated heterocycles. The van der Waals surface area contributed by atoms with Gasteiger partial charge in [0, 0.05) is 44.5 Å². The van der Waals surface area contributed by atoms with Gasteiger partial charge in [0.1, 0.15) is 29.0 Å². The lowest BCUT2D eigenvalue weighted by Crippen LogP contribution is -2.44. The Morgan fingerprint density at radius 2 is 1.82 bits per heavy atom. The minimum absolute atomic E-state index is 0.195. The fourth-order valence-corrected chi connectivity index (χ4v) is 5.71. The van der Waals surface area contributed by atoms with E-state index in [1.54, 1.807) is 12.3 Å². The Morgan fingerprint density at radius 1 is 1.02 bits per heavy atom. The van der Waals surface area contributed by atoms with Gasteiger partial charge in [-0.25, -0.2) is 22.7 Å². The quantitative estimate of drug-likeness (QED) is 0.359. The topological polar surface area (TPSA) is 69.0 Å². The van der Waals surface area contributed by atoms with Crippen LogP contribution in [0, 0.1) is 17.5 Å². The highest BCUT2D eigenvalue weighted by molar-refractivity contribution is 6.33. The van der Waals surface area contributed by atoms with Gasteiger partial charge < -0.3 is 20.0 Å². The van der Waals surface area contributed by atoms with Gasteiger partial charge in [-0.15, -0.1) is 0 Å². The van der Waals surface area contributed by atoms with Crippen LogP contribution in [0.25, 0.3) is 5.65 Å². The monoisotopic (exact) mass is 569 g/mol. The predicted octanol–water partition coefficient (Wildman–Crippen LogP) is 5.15. The number of carbonyl (C=O) groups excluding carboxylic acids is 1. The number of carbonyl (C=O) groups is 1. The molecule has 0 bridgehead atoms. The second-order valence-corrected chi connectivity index (χ2v) is 10.6. The van der Waals surface area contributed by atoms with Gasteiger partial charge in [0.2, 0.25) is 0 Å². The van der Waals surface area contributed by atoms with Crippen LogP contribution in [0.5, 0.6) is 0 Å². The average molecular weight is 570 g/mol. The zero-order valence-corrected chi connectivity index (χ0v) is 22.5. The van der Waals surface area contributed by atoms with Crippen LogP contribution in [0.3, 0.4) is 0 Å². The number of rotatable bonds is 5. The van der Waals surface area contributed by atoms with Crippen molar-refractivity contribution < 1.29 is 18.0 Å². The summed E-state index contributed by atoms with van der Waals surface area (Å²) in [6, 6.07) is 7.43. The minimum Gasteiger partial charge on any atom is -0.368 e. The fraction of sp³-hybridized carbons (Fsp3) is 0.321. The van der Waals surface area contributed by atoms with E-state index in [-0.39, 0.29) is 22.9 Å². The molecule has 8 nitrogen and oxygen atoms in total. The third-order valence-electron chi connectivity index (χ3n) is 7.59. The number of likely N-dealkylation sites (N-methyl/N-ethyl adjacent to an activating group) is 1. The number of anilines is 3. The number of benzene rings is 2. The fourth-order valence-electron chi connectivity index (χ4n) is 5.43. The smallest absolute Gasteiger partial charge is 0.258 e. The molecule has 2 aliphatic heterocycles. The minimum atomic E-state index is -0.688. The van der Waals surface area contributed by atoms with E-state index < -0.39 is 23.4 Å². The van der Waals surface area contributed by atoms with E-state index in [4.69, 9.17) is 11.6 Å². The third-order valence-corrected chi connectivity index (χ3v) is 7.89. The number of piperazine rings is 1. The SMILES string of the molecule is CN1CCN(c2cc(F)c(C(=O)Nc3cnn4ccc(N5CCCC5c5cc(F)ccc5F)nc34)cc2Cl)CC1. The highest BCUT2D eigenvalue weighted by Crippen LogP contribution is 2.37. The standard InChI is InChI=1S/C28H27ClF3N7O/c1-36-9-11-37(12-10-36)25-15-22(32)19(14-20(25)29)28(40)34-23-16-33-39-8-6-26(35-27(23)39)38-7-2-3-24(38)18-13-17(30)4-5-21(18)31/h4-6,8,13-16,24H,2-3,7,9-12H2,1H3,(H,34,40). The van der Waals surface area contributed by atoms with Crippen molar-refractivity contribution >= 4 is 40.3 Å². The van der Waals surface area contributed by atoms with E-state index in [1.807, 2.05) is 16.8 Å². The highest BCUT2D eigenvalue weighted by atomic mass is 35.5. The van der Waals surface area contributed by atoms with Gasteiger partial charge in [0.25, 0.3) is 5.91 Å². The number of nitrogens with zero attached hydrogens (tertiary/aromatic N) is 6. The Labute approximate surface area is 234 Å². The summed E-state index contributed by atoms with van der Waals surface area (Å²) < 4.78 is 45.1. The number of hydrogen-bond donors (Lipinski definition) is 1. The van der Waals surface area contributed by atoms with Crippen molar-refractivity contribution in [3.05, 3.63) is 82.4 Å². The maximum absolute atomic E-state index is 15.1. The van der Waals surface area contributed by atoms with Gasteiger partial charge in [-0.2, -0.15) is 5.10 Å². The number of amides is 1. The predicted molar refractivity (Wildman–Crippen MR) is 148 cm³/mol. The molecule has 1 N–H and O–H groups in total. The molecule has 0 spiro atoms. The number of aromatic nitrogens is 3. The van der Waals surface area contributed by atoms with Crippen LogP contribution in [-0.2, 0) is 0 Å². The zero-order valence-electron chi connectivity index (χ0n) is 21.7. The van der Waals surface area contributed by atoms with Gasteiger partial charge in [-0.1, -0.05) is 11.6 Å². The number of hydrogen-bond acceptors (Lipinski definition) is 6. The maximum Gasteiger partial charge on any atom is 0.258 e. The highest BCUT2D eigenvalue weighted by Gasteiger charge is 2.30. The Bertz CT molecular complexity index is 1590. The summed E-state index contributed by atoms with van der Waals surface area (Å²) in [6.45, 7) is 3.68. The molecule has 2 fully saturated rings. The van der Waals surface area contributed by atoms with Gasteiger partial charge in [-0.3, -0.25) is 4.79 Å². The average Bonchev–Trinajstić information content (AvgIpc) is 3.59. The molecule has 6 rings (SSSR count). The molecule has 1 amide bonds. The lowest BCUT2D eigenvalue weighted by atomic mass is 10.0. The second kappa shape index (κ2) is 10.6. The number of nitrogens with one attached hydrogen (secondary N) is 1. The lowest BCUT2D eigenvalue weighted by Gasteiger charge is -2.34. The first-order valence-corrected chi connectivity index (χ1v) is 13.5. The van der Waals surface area contributed by atoms with Crippen LogP contribution in [0.1, 0.15) is 34.8 Å². The van der Waals surface area contributed by atoms with Crippen molar-refractivity contribution in [1.29, 1.82) is 0 Å². The van der Waals surface area contributed by atoms with Crippen LogP contribution in [0.15, 0.2) is 48.8 Å². The first kappa shape index (κ1) is 26.4. The molecule has 1 unspecified atom stereocenters. The molecule has 1 atom stereocenters. The van der Waals surface area contributed by atoms with Crippen molar-refractivity contribution in [3.8, 4) is 0 Å². The second-order valence-electron chi connectivity index (χ2n) is 10.2. The molecule has 12 heteroatoms. The molecular weight excluding hydrogens is 543 g/mol. The summed E-state index contributed by atoms with van der Waals surface area (Å²) >= 11 is 6.48. The van der Waals surface area contributed by atoms with Gasteiger partial charge >= 0.3 is 0 Å². The first-order valence-electron chi connectivity index (χ1n) is 13.1. The zero-order chi connectivity index (χ0) is 28.0. The van der Waals surface area contributed by atoms with Crippen LogP contribution < -0.4 is 15.1 Å². The van der Waals surface area contributed by atoms with E-state index in [1.165, 1.54) is 28.9 Å². The van der Waals surface area contributed by atoms with E-state index in [2.05, 4.69) is 20.3 Å². The van der Waals surface area contributed by atoms with E-state index in [9.17, 15) is 13.6 Å². The summed E-state index contributed by atoms with van der Waals surface area (Å²) in [5, 5.41) is 7.23. The van der Waals surface area contributed by atoms with Crippen LogP contribution in [-0.4, -0.2) is 65.2 Å². The number of halogens is 4. The molecule has 2 aliphatic rings. The molecule has 0 saturated carbocycles. The summed E-state index contributed by atoms with van der Waals surface area (Å²) in [4.78, 5) is 23.9. The van der Waals surface area contributed by atoms with Crippen molar-refractivity contribution in [1.82, 2.24) is 19.5 Å². The van der Waals surface area contributed by atoms with Gasteiger partial charge in [0.05, 0.1) is 28.5 Å². The molecule has 4 heterocycles. The van der Waals surface area contributed by atoms with E-state index in [0.717, 1.165) is 31.6 Å². The molecule has 0 aliphatic carbocycles. The van der Waals surface area contributed by atoms with E-state index >= 15 is 4.39 Å².